The maximum atomic E-state index is 5.67. The molecule has 0 atom stereocenters. The third kappa shape index (κ3) is 2.44. The fraction of sp³-hybridized carbons (Fsp3) is 0.250. The van der Waals surface area contributed by atoms with Crippen molar-refractivity contribution in [2.24, 2.45) is 0 Å². The summed E-state index contributed by atoms with van der Waals surface area (Å²) >= 11 is 4.97. The zero-order valence-electron chi connectivity index (χ0n) is 9.25. The van der Waals surface area contributed by atoms with Gasteiger partial charge in [-0.25, -0.2) is 4.98 Å². The van der Waals surface area contributed by atoms with E-state index in [2.05, 4.69) is 53.0 Å². The number of benzene rings is 1. The number of nitrogens with zero attached hydrogens (tertiary/aromatic N) is 1. The quantitative estimate of drug-likeness (QED) is 0.918. The van der Waals surface area contributed by atoms with Crippen molar-refractivity contribution in [3.05, 3.63) is 44.4 Å². The second-order valence-corrected chi connectivity index (χ2v) is 6.23. The summed E-state index contributed by atoms with van der Waals surface area (Å²) in [4.78, 5) is 4.32. The first-order chi connectivity index (χ1) is 7.56. The average molecular weight is 297 g/mol. The van der Waals surface area contributed by atoms with E-state index in [1.54, 1.807) is 0 Å². The molecule has 0 aliphatic rings. The highest BCUT2D eigenvalue weighted by Gasteiger charge is 2.09. The molecular weight excluding hydrogens is 284 g/mol. The van der Waals surface area contributed by atoms with E-state index in [4.69, 9.17) is 5.73 Å². The second-order valence-electron chi connectivity index (χ2n) is 3.88. The van der Waals surface area contributed by atoms with Gasteiger partial charge in [-0.3, -0.25) is 0 Å². The van der Waals surface area contributed by atoms with Gasteiger partial charge < -0.3 is 5.73 Å². The van der Waals surface area contributed by atoms with Crippen LogP contribution in [0.5, 0.6) is 0 Å². The molecule has 1 aromatic heterocycles. The normalized spacial score (nSPS) is 10.7. The van der Waals surface area contributed by atoms with E-state index in [0.717, 1.165) is 15.9 Å². The van der Waals surface area contributed by atoms with Gasteiger partial charge in [0.15, 0.2) is 5.13 Å². The second kappa shape index (κ2) is 4.55. The van der Waals surface area contributed by atoms with Gasteiger partial charge in [0.25, 0.3) is 0 Å². The third-order valence-corrected chi connectivity index (χ3v) is 4.18. The molecule has 0 saturated carbocycles. The Labute approximate surface area is 108 Å². The lowest BCUT2D eigenvalue weighted by atomic mass is 10.0. The van der Waals surface area contributed by atoms with E-state index >= 15 is 0 Å². The molecule has 0 amide bonds. The Hall–Kier alpha value is -0.870. The molecule has 2 nitrogen and oxygen atoms in total. The van der Waals surface area contributed by atoms with Gasteiger partial charge in [0.05, 0.1) is 9.48 Å². The number of nitrogen functional groups attached to an aromatic ring is 1. The molecule has 1 aromatic carbocycles. The van der Waals surface area contributed by atoms with E-state index in [1.165, 1.54) is 28.0 Å². The number of hydrogen-bond acceptors (Lipinski definition) is 3. The van der Waals surface area contributed by atoms with Crippen molar-refractivity contribution in [2.75, 3.05) is 5.73 Å². The van der Waals surface area contributed by atoms with Gasteiger partial charge in [-0.15, -0.1) is 0 Å². The van der Waals surface area contributed by atoms with Gasteiger partial charge in [0.1, 0.15) is 0 Å². The Morgan fingerprint density at radius 1 is 1.38 bits per heavy atom. The molecule has 2 N–H and O–H groups in total. The lowest BCUT2D eigenvalue weighted by Gasteiger charge is -2.05. The van der Waals surface area contributed by atoms with Crippen molar-refractivity contribution in [3.8, 4) is 0 Å². The molecule has 0 spiro atoms. The summed E-state index contributed by atoms with van der Waals surface area (Å²) in [5.74, 6) is 0. The summed E-state index contributed by atoms with van der Waals surface area (Å²) in [5.41, 5.74) is 10.6. The molecule has 0 unspecified atom stereocenters. The van der Waals surface area contributed by atoms with Gasteiger partial charge in [0, 0.05) is 6.42 Å². The Morgan fingerprint density at radius 2 is 2.12 bits per heavy atom. The van der Waals surface area contributed by atoms with Crippen LogP contribution < -0.4 is 5.73 Å². The molecule has 0 bridgehead atoms. The molecule has 0 fully saturated rings. The summed E-state index contributed by atoms with van der Waals surface area (Å²) in [6.45, 7) is 4.24. The molecule has 2 rings (SSSR count). The van der Waals surface area contributed by atoms with E-state index in [0.29, 0.717) is 5.13 Å². The first-order valence-corrected chi connectivity index (χ1v) is 6.64. The molecular formula is C12H13BrN2S. The average Bonchev–Trinajstić information content (AvgIpc) is 2.50. The Bertz CT molecular complexity index is 520. The lowest BCUT2D eigenvalue weighted by Crippen LogP contribution is -1.94. The van der Waals surface area contributed by atoms with Crippen LogP contribution in [0.2, 0.25) is 0 Å². The van der Waals surface area contributed by atoms with Crippen LogP contribution in [0.15, 0.2) is 22.0 Å². The first-order valence-electron chi connectivity index (χ1n) is 5.03. The van der Waals surface area contributed by atoms with Crippen LogP contribution in [0.3, 0.4) is 0 Å². The maximum Gasteiger partial charge on any atom is 0.181 e. The third-order valence-electron chi connectivity index (χ3n) is 2.52. The molecule has 16 heavy (non-hydrogen) atoms. The number of aromatic nitrogens is 1. The minimum Gasteiger partial charge on any atom is -0.375 e. The zero-order valence-corrected chi connectivity index (χ0v) is 11.7. The van der Waals surface area contributed by atoms with Gasteiger partial charge in [-0.1, -0.05) is 35.1 Å². The summed E-state index contributed by atoms with van der Waals surface area (Å²) in [6, 6.07) is 6.48. The van der Waals surface area contributed by atoms with Crippen LogP contribution in [-0.4, -0.2) is 4.98 Å². The van der Waals surface area contributed by atoms with Gasteiger partial charge in [0.2, 0.25) is 0 Å². The standard InChI is InChI=1S/C12H13BrN2S/c1-7-3-4-9(8(2)5-7)6-10-11(13)16-12(14)15-10/h3-5H,6H2,1-2H3,(H2,14,15). The number of hydrogen-bond donors (Lipinski definition) is 1. The number of halogens is 1. The fourth-order valence-corrected chi connectivity index (χ4v) is 2.99. The van der Waals surface area contributed by atoms with Crippen LogP contribution in [-0.2, 0) is 6.42 Å². The monoisotopic (exact) mass is 296 g/mol. The fourth-order valence-electron chi connectivity index (χ4n) is 1.68. The van der Waals surface area contributed by atoms with Gasteiger partial charge >= 0.3 is 0 Å². The molecule has 84 valence electrons. The van der Waals surface area contributed by atoms with Gasteiger partial charge in [-0.05, 0) is 40.9 Å². The minimum absolute atomic E-state index is 0.617. The van der Waals surface area contributed by atoms with E-state index < -0.39 is 0 Å². The van der Waals surface area contributed by atoms with Crippen molar-refractivity contribution in [3.63, 3.8) is 0 Å². The van der Waals surface area contributed by atoms with Crippen molar-refractivity contribution < 1.29 is 0 Å². The number of rotatable bonds is 2. The first kappa shape index (κ1) is 11.6. The number of nitrogens with two attached hydrogens (primary N) is 1. The summed E-state index contributed by atoms with van der Waals surface area (Å²) < 4.78 is 1.03. The predicted molar refractivity (Wildman–Crippen MR) is 72.9 cm³/mol. The highest BCUT2D eigenvalue weighted by Crippen LogP contribution is 2.28. The highest BCUT2D eigenvalue weighted by molar-refractivity contribution is 9.11. The Morgan fingerprint density at radius 3 is 2.69 bits per heavy atom. The minimum atomic E-state index is 0.617. The smallest absolute Gasteiger partial charge is 0.181 e. The van der Waals surface area contributed by atoms with E-state index in [1.807, 2.05) is 0 Å². The van der Waals surface area contributed by atoms with Gasteiger partial charge in [-0.2, -0.15) is 0 Å². The molecule has 0 radical (unpaired) electrons. The molecule has 2 aromatic rings. The highest BCUT2D eigenvalue weighted by atomic mass is 79.9. The van der Waals surface area contributed by atoms with Crippen molar-refractivity contribution in [1.29, 1.82) is 0 Å². The van der Waals surface area contributed by atoms with Crippen LogP contribution in [0.1, 0.15) is 22.4 Å². The van der Waals surface area contributed by atoms with Crippen molar-refractivity contribution >= 4 is 32.4 Å². The van der Waals surface area contributed by atoms with E-state index in [-0.39, 0.29) is 0 Å². The molecule has 0 aliphatic heterocycles. The van der Waals surface area contributed by atoms with Crippen molar-refractivity contribution in [2.45, 2.75) is 20.3 Å². The SMILES string of the molecule is Cc1ccc(Cc2nc(N)sc2Br)c(C)c1. The lowest BCUT2D eigenvalue weighted by molar-refractivity contribution is 1.08. The number of thiazole rings is 1. The van der Waals surface area contributed by atoms with Crippen molar-refractivity contribution in [1.82, 2.24) is 4.98 Å². The topological polar surface area (TPSA) is 38.9 Å². The summed E-state index contributed by atoms with van der Waals surface area (Å²) in [7, 11) is 0. The Kier molecular flexibility index (Phi) is 3.30. The van der Waals surface area contributed by atoms with Crippen LogP contribution in [0, 0.1) is 13.8 Å². The molecule has 4 heteroatoms. The summed E-state index contributed by atoms with van der Waals surface area (Å²) in [5, 5.41) is 0.617. The number of aryl methyl sites for hydroxylation is 2. The zero-order chi connectivity index (χ0) is 11.7. The predicted octanol–water partition coefficient (Wildman–Crippen LogP) is 3.70. The molecule has 0 saturated heterocycles. The number of anilines is 1. The Balaban J connectivity index is 2.30. The van der Waals surface area contributed by atoms with E-state index in [9.17, 15) is 0 Å². The summed E-state index contributed by atoms with van der Waals surface area (Å²) in [6.07, 6.45) is 0.834. The maximum absolute atomic E-state index is 5.67. The van der Waals surface area contributed by atoms with Crippen LogP contribution in [0.25, 0.3) is 0 Å². The van der Waals surface area contributed by atoms with Crippen LogP contribution in [0.4, 0.5) is 5.13 Å². The molecule has 1 heterocycles. The van der Waals surface area contributed by atoms with Crippen LogP contribution >= 0.6 is 27.3 Å². The molecule has 0 aliphatic carbocycles. The largest absolute Gasteiger partial charge is 0.375 e.